The molecule has 0 spiro atoms. The van der Waals surface area contributed by atoms with Crippen molar-refractivity contribution in [2.75, 3.05) is 20.1 Å². The van der Waals surface area contributed by atoms with Gasteiger partial charge in [-0.1, -0.05) is 13.8 Å². The van der Waals surface area contributed by atoms with E-state index in [2.05, 4.69) is 53.3 Å². The number of piperidine rings is 1. The number of aryl methyl sites for hydroxylation is 2. The maximum absolute atomic E-state index is 4.66. The van der Waals surface area contributed by atoms with Gasteiger partial charge in [0.1, 0.15) is 0 Å². The lowest BCUT2D eigenvalue weighted by Crippen LogP contribution is -2.49. The molecule has 0 radical (unpaired) electrons. The molecule has 26 heavy (non-hydrogen) atoms. The van der Waals surface area contributed by atoms with Crippen molar-refractivity contribution in [1.29, 1.82) is 0 Å². The van der Waals surface area contributed by atoms with Gasteiger partial charge in [-0.2, -0.15) is 5.10 Å². The van der Waals surface area contributed by atoms with Crippen LogP contribution < -0.4 is 10.6 Å². The standard InChI is InChI=1S/C19H36N6.HI/c1-7-17-16(18(8-2)24(6)23-17)13-21-19(20-5)22-15-9-11-25(12-10-15)14(3)4;/h14-15H,7-13H2,1-6H3,(H2,20,21,22);1H. The Kier molecular flexibility index (Phi) is 9.92. The fraction of sp³-hybridized carbons (Fsp3) is 0.789. The lowest BCUT2D eigenvalue weighted by molar-refractivity contribution is 0.167. The highest BCUT2D eigenvalue weighted by Crippen LogP contribution is 2.16. The SMILES string of the molecule is CCc1nn(C)c(CC)c1CNC(=NC)NC1CCN(C(C)C)CC1.I. The van der Waals surface area contributed by atoms with Gasteiger partial charge < -0.3 is 15.5 Å². The molecule has 0 bridgehead atoms. The number of hydrogen-bond donors (Lipinski definition) is 2. The summed E-state index contributed by atoms with van der Waals surface area (Å²) in [6.07, 6.45) is 4.31. The minimum absolute atomic E-state index is 0. The van der Waals surface area contributed by atoms with Crippen LogP contribution in [-0.2, 0) is 26.4 Å². The Labute approximate surface area is 176 Å². The summed E-state index contributed by atoms with van der Waals surface area (Å²) in [5.74, 6) is 0.899. The summed E-state index contributed by atoms with van der Waals surface area (Å²) in [6.45, 7) is 12.0. The summed E-state index contributed by atoms with van der Waals surface area (Å²) in [5, 5.41) is 11.8. The molecule has 0 unspecified atom stereocenters. The molecule has 0 atom stereocenters. The van der Waals surface area contributed by atoms with E-state index >= 15 is 0 Å². The first-order chi connectivity index (χ1) is 12.0. The third kappa shape index (κ3) is 5.84. The summed E-state index contributed by atoms with van der Waals surface area (Å²) in [6, 6.07) is 1.15. The molecule has 0 aromatic carbocycles. The van der Waals surface area contributed by atoms with Gasteiger partial charge in [-0.05, 0) is 39.5 Å². The zero-order valence-electron chi connectivity index (χ0n) is 17.3. The second-order valence-electron chi connectivity index (χ2n) is 7.18. The van der Waals surface area contributed by atoms with Gasteiger partial charge in [-0.3, -0.25) is 9.67 Å². The van der Waals surface area contributed by atoms with Crippen LogP contribution >= 0.6 is 24.0 Å². The van der Waals surface area contributed by atoms with Crippen LogP contribution in [0.3, 0.4) is 0 Å². The van der Waals surface area contributed by atoms with Crippen LogP contribution in [0.15, 0.2) is 4.99 Å². The van der Waals surface area contributed by atoms with Crippen LogP contribution in [0, 0.1) is 0 Å². The van der Waals surface area contributed by atoms with Crippen molar-refractivity contribution in [3.8, 4) is 0 Å². The van der Waals surface area contributed by atoms with E-state index in [1.54, 1.807) is 0 Å². The van der Waals surface area contributed by atoms with Crippen molar-refractivity contribution >= 4 is 29.9 Å². The Morgan fingerprint density at radius 2 is 1.88 bits per heavy atom. The third-order valence-electron chi connectivity index (χ3n) is 5.28. The summed E-state index contributed by atoms with van der Waals surface area (Å²) < 4.78 is 2.02. The Morgan fingerprint density at radius 1 is 1.23 bits per heavy atom. The van der Waals surface area contributed by atoms with Crippen LogP contribution in [0.2, 0.25) is 0 Å². The average Bonchev–Trinajstić information content (AvgIpc) is 2.93. The van der Waals surface area contributed by atoms with E-state index in [-0.39, 0.29) is 24.0 Å². The van der Waals surface area contributed by atoms with Gasteiger partial charge in [-0.15, -0.1) is 24.0 Å². The Bertz CT molecular complexity index is 573. The average molecular weight is 476 g/mol. The molecule has 1 aromatic rings. The van der Waals surface area contributed by atoms with Gasteiger partial charge in [0.05, 0.1) is 5.69 Å². The molecule has 2 rings (SSSR count). The molecule has 1 aliphatic rings. The molecule has 0 saturated carbocycles. The Hall–Kier alpha value is -0.830. The Morgan fingerprint density at radius 3 is 2.38 bits per heavy atom. The number of halogens is 1. The van der Waals surface area contributed by atoms with Gasteiger partial charge in [0.25, 0.3) is 0 Å². The number of guanidine groups is 1. The molecule has 150 valence electrons. The van der Waals surface area contributed by atoms with Gasteiger partial charge in [0.15, 0.2) is 5.96 Å². The topological polar surface area (TPSA) is 57.5 Å². The predicted molar refractivity (Wildman–Crippen MR) is 120 cm³/mol. The number of nitrogens with one attached hydrogen (secondary N) is 2. The van der Waals surface area contributed by atoms with E-state index in [1.807, 2.05) is 18.8 Å². The smallest absolute Gasteiger partial charge is 0.191 e. The summed E-state index contributed by atoms with van der Waals surface area (Å²) in [4.78, 5) is 6.97. The molecule has 6 nitrogen and oxygen atoms in total. The van der Waals surface area contributed by atoms with Gasteiger partial charge >= 0.3 is 0 Å². The fourth-order valence-corrected chi connectivity index (χ4v) is 3.71. The molecule has 2 N–H and O–H groups in total. The van der Waals surface area contributed by atoms with Crippen molar-refractivity contribution < 1.29 is 0 Å². The van der Waals surface area contributed by atoms with E-state index in [0.717, 1.165) is 38.4 Å². The van der Waals surface area contributed by atoms with E-state index in [9.17, 15) is 0 Å². The van der Waals surface area contributed by atoms with Crippen molar-refractivity contribution in [2.45, 2.75) is 72.0 Å². The monoisotopic (exact) mass is 476 g/mol. The lowest BCUT2D eigenvalue weighted by Gasteiger charge is -2.35. The molecule has 1 aliphatic heterocycles. The number of aromatic nitrogens is 2. The van der Waals surface area contributed by atoms with E-state index in [0.29, 0.717) is 12.1 Å². The summed E-state index contributed by atoms with van der Waals surface area (Å²) in [7, 11) is 3.89. The van der Waals surface area contributed by atoms with Gasteiger partial charge in [-0.25, -0.2) is 0 Å². The highest BCUT2D eigenvalue weighted by molar-refractivity contribution is 14.0. The molecule has 1 aromatic heterocycles. The number of likely N-dealkylation sites (tertiary alicyclic amines) is 1. The lowest BCUT2D eigenvalue weighted by atomic mass is 10.0. The highest BCUT2D eigenvalue weighted by Gasteiger charge is 2.21. The van der Waals surface area contributed by atoms with E-state index in [1.165, 1.54) is 29.8 Å². The number of aliphatic imine (C=N–C) groups is 1. The molecule has 2 heterocycles. The molecule has 1 saturated heterocycles. The second kappa shape index (κ2) is 11.1. The molecule has 1 fully saturated rings. The van der Waals surface area contributed by atoms with Gasteiger partial charge in [0.2, 0.25) is 0 Å². The van der Waals surface area contributed by atoms with Crippen molar-refractivity contribution in [2.24, 2.45) is 12.0 Å². The van der Waals surface area contributed by atoms with E-state index < -0.39 is 0 Å². The van der Waals surface area contributed by atoms with Crippen LogP contribution in [0.25, 0.3) is 0 Å². The largest absolute Gasteiger partial charge is 0.354 e. The first-order valence-electron chi connectivity index (χ1n) is 9.74. The van der Waals surface area contributed by atoms with Gasteiger partial charge in [0, 0.05) is 57.1 Å². The third-order valence-corrected chi connectivity index (χ3v) is 5.28. The van der Waals surface area contributed by atoms with Crippen molar-refractivity contribution in [3.63, 3.8) is 0 Å². The summed E-state index contributed by atoms with van der Waals surface area (Å²) in [5.41, 5.74) is 3.82. The first kappa shape index (κ1) is 23.2. The van der Waals surface area contributed by atoms with Crippen LogP contribution in [0.4, 0.5) is 0 Å². The molecular weight excluding hydrogens is 439 g/mol. The predicted octanol–water partition coefficient (Wildman–Crippen LogP) is 2.70. The van der Waals surface area contributed by atoms with Crippen molar-refractivity contribution in [3.05, 3.63) is 17.0 Å². The van der Waals surface area contributed by atoms with Crippen molar-refractivity contribution in [1.82, 2.24) is 25.3 Å². The molecule has 0 aliphatic carbocycles. The minimum atomic E-state index is 0. The van der Waals surface area contributed by atoms with Crippen LogP contribution in [0.5, 0.6) is 0 Å². The van der Waals surface area contributed by atoms with Crippen LogP contribution in [0.1, 0.15) is 57.5 Å². The number of nitrogens with zero attached hydrogens (tertiary/aromatic N) is 4. The maximum Gasteiger partial charge on any atom is 0.191 e. The zero-order chi connectivity index (χ0) is 18.4. The number of hydrogen-bond acceptors (Lipinski definition) is 3. The summed E-state index contributed by atoms with van der Waals surface area (Å²) >= 11 is 0. The first-order valence-corrected chi connectivity index (χ1v) is 9.74. The second-order valence-corrected chi connectivity index (χ2v) is 7.18. The Balaban J connectivity index is 0.00000338. The highest BCUT2D eigenvalue weighted by atomic mass is 127. The van der Waals surface area contributed by atoms with E-state index in [4.69, 9.17) is 0 Å². The number of rotatable bonds is 6. The molecule has 0 amide bonds. The molecule has 7 heteroatoms. The minimum Gasteiger partial charge on any atom is -0.354 e. The molecular formula is C19H37IN6. The maximum atomic E-state index is 4.66. The fourth-order valence-electron chi connectivity index (χ4n) is 3.71. The normalized spacial score (nSPS) is 16.7. The zero-order valence-corrected chi connectivity index (χ0v) is 19.6. The quantitative estimate of drug-likeness (QED) is 0.377. The van der Waals surface area contributed by atoms with Crippen LogP contribution in [-0.4, -0.2) is 52.9 Å².